The van der Waals surface area contributed by atoms with E-state index in [9.17, 15) is 19.2 Å². The minimum atomic E-state index is -2.78. The van der Waals surface area contributed by atoms with E-state index in [1.54, 1.807) is 27.7 Å². The molecule has 0 aliphatic heterocycles. The van der Waals surface area contributed by atoms with Crippen molar-refractivity contribution in [2.45, 2.75) is 157 Å². The molecule has 0 aromatic carbocycles. The topological polar surface area (TPSA) is 116 Å². The highest BCUT2D eigenvalue weighted by Gasteiger charge is 2.55. The summed E-state index contributed by atoms with van der Waals surface area (Å²) >= 11 is 0. The molecule has 0 heterocycles. The number of rotatable bonds is 13. The maximum atomic E-state index is 17.3. The third kappa shape index (κ3) is 9.95. The van der Waals surface area contributed by atoms with Crippen molar-refractivity contribution in [1.82, 2.24) is 0 Å². The Morgan fingerprint density at radius 3 is 1.73 bits per heavy atom. The van der Waals surface area contributed by atoms with Crippen LogP contribution in [0.3, 0.4) is 0 Å². The predicted molar refractivity (Wildman–Crippen MR) is 155 cm³/mol. The van der Waals surface area contributed by atoms with Crippen LogP contribution in [0.25, 0.3) is 0 Å². The van der Waals surface area contributed by atoms with Crippen LogP contribution in [0.5, 0.6) is 0 Å². The average Bonchev–Trinajstić information content (AvgIpc) is 2.82. The third-order valence-corrected chi connectivity index (χ3v) is 9.28. The van der Waals surface area contributed by atoms with E-state index >= 15 is 4.39 Å². The van der Waals surface area contributed by atoms with Gasteiger partial charge in [0.15, 0.2) is 6.61 Å². The molecule has 0 radical (unpaired) electrons. The number of alkyl halides is 1. The SMILES string of the molecule is CCC1(OC(=O)C(C)(CC)CC(F)(CC(C)(C)C(=O)OCC(=O)O)C(=O)OC(C)(C)C(C)(C)C)CCCCCCC1. The first-order valence-electron chi connectivity index (χ1n) is 15.1. The van der Waals surface area contributed by atoms with E-state index in [0.29, 0.717) is 6.42 Å². The Labute approximate surface area is 246 Å². The fourth-order valence-corrected chi connectivity index (χ4v) is 5.14. The Balaban J connectivity index is 3.46. The van der Waals surface area contributed by atoms with Gasteiger partial charge in [0.05, 0.1) is 10.8 Å². The van der Waals surface area contributed by atoms with Gasteiger partial charge in [-0.25, -0.2) is 14.0 Å². The number of carboxylic acids is 1. The van der Waals surface area contributed by atoms with Gasteiger partial charge < -0.3 is 19.3 Å². The second kappa shape index (κ2) is 13.9. The number of carbonyl (C=O) groups excluding carboxylic acids is 3. The number of ether oxygens (including phenoxy) is 3. The van der Waals surface area contributed by atoms with E-state index in [-0.39, 0.29) is 6.42 Å². The minimum absolute atomic E-state index is 0.192. The summed E-state index contributed by atoms with van der Waals surface area (Å²) in [4.78, 5) is 51.3. The quantitative estimate of drug-likeness (QED) is 0.176. The fraction of sp³-hybridized carbons (Fsp3) is 0.875. The van der Waals surface area contributed by atoms with Crippen LogP contribution in [0.4, 0.5) is 4.39 Å². The largest absolute Gasteiger partial charge is 0.479 e. The van der Waals surface area contributed by atoms with Gasteiger partial charge in [-0.15, -0.1) is 0 Å². The molecule has 1 fully saturated rings. The van der Waals surface area contributed by atoms with Gasteiger partial charge in [0.2, 0.25) is 5.67 Å². The second-order valence-corrected chi connectivity index (χ2v) is 14.4. The summed E-state index contributed by atoms with van der Waals surface area (Å²) in [5.74, 6) is -4.07. The zero-order chi connectivity index (χ0) is 31.9. The highest BCUT2D eigenvalue weighted by Crippen LogP contribution is 2.46. The third-order valence-electron chi connectivity index (χ3n) is 9.28. The summed E-state index contributed by atoms with van der Waals surface area (Å²) in [6, 6.07) is 0. The summed E-state index contributed by atoms with van der Waals surface area (Å²) in [6.07, 6.45) is 6.25. The molecule has 0 aromatic rings. The summed E-state index contributed by atoms with van der Waals surface area (Å²) in [7, 11) is 0. The summed E-state index contributed by atoms with van der Waals surface area (Å²) in [6.45, 7) is 16.2. The van der Waals surface area contributed by atoms with Crippen LogP contribution in [0, 0.1) is 16.2 Å². The number of halogens is 1. The van der Waals surface area contributed by atoms with Gasteiger partial charge in [-0.05, 0) is 73.1 Å². The van der Waals surface area contributed by atoms with Crippen molar-refractivity contribution in [1.29, 1.82) is 0 Å². The van der Waals surface area contributed by atoms with E-state index in [2.05, 4.69) is 0 Å². The number of carboxylic acid groups (broad SMARTS) is 1. The number of hydrogen-bond donors (Lipinski definition) is 1. The first-order chi connectivity index (χ1) is 18.6. The molecule has 0 amide bonds. The van der Waals surface area contributed by atoms with E-state index in [0.717, 1.165) is 44.9 Å². The Kier molecular flexibility index (Phi) is 12.4. The van der Waals surface area contributed by atoms with Gasteiger partial charge in [-0.1, -0.05) is 53.9 Å². The molecule has 238 valence electrons. The molecule has 0 saturated heterocycles. The number of aliphatic carboxylic acids is 1. The molecule has 2 unspecified atom stereocenters. The van der Waals surface area contributed by atoms with Crippen LogP contribution < -0.4 is 0 Å². The van der Waals surface area contributed by atoms with Gasteiger partial charge in [0.1, 0.15) is 11.2 Å². The molecule has 1 aliphatic rings. The van der Waals surface area contributed by atoms with Crippen molar-refractivity contribution >= 4 is 23.9 Å². The van der Waals surface area contributed by atoms with Gasteiger partial charge in [-0.3, -0.25) is 9.59 Å². The number of hydrogen-bond acceptors (Lipinski definition) is 7. The van der Waals surface area contributed by atoms with Crippen molar-refractivity contribution in [3.63, 3.8) is 0 Å². The normalized spacial score (nSPS) is 19.5. The van der Waals surface area contributed by atoms with Crippen molar-refractivity contribution < 1.29 is 42.9 Å². The van der Waals surface area contributed by atoms with Crippen molar-refractivity contribution in [2.75, 3.05) is 6.61 Å². The summed E-state index contributed by atoms with van der Waals surface area (Å²) in [5.41, 5.74) is -8.04. The van der Waals surface area contributed by atoms with Crippen molar-refractivity contribution in [3.05, 3.63) is 0 Å². The molecular weight excluding hydrogens is 531 g/mol. The van der Waals surface area contributed by atoms with E-state index in [1.807, 2.05) is 27.7 Å². The summed E-state index contributed by atoms with van der Waals surface area (Å²) in [5, 5.41) is 8.93. The lowest BCUT2D eigenvalue weighted by molar-refractivity contribution is -0.192. The molecule has 1 aliphatic carbocycles. The van der Waals surface area contributed by atoms with Gasteiger partial charge >= 0.3 is 23.9 Å². The van der Waals surface area contributed by atoms with Crippen LogP contribution in [-0.2, 0) is 33.4 Å². The molecule has 0 aromatic heterocycles. The van der Waals surface area contributed by atoms with Crippen molar-refractivity contribution in [3.8, 4) is 0 Å². The van der Waals surface area contributed by atoms with Crippen molar-refractivity contribution in [2.24, 2.45) is 16.2 Å². The van der Waals surface area contributed by atoms with Crippen LogP contribution in [-0.4, -0.2) is 52.5 Å². The lowest BCUT2D eigenvalue weighted by atomic mass is 9.71. The second-order valence-electron chi connectivity index (χ2n) is 14.4. The highest BCUT2D eigenvalue weighted by atomic mass is 19.1. The van der Waals surface area contributed by atoms with E-state index in [1.165, 1.54) is 13.8 Å². The molecule has 0 spiro atoms. The zero-order valence-corrected chi connectivity index (χ0v) is 27.2. The van der Waals surface area contributed by atoms with Gasteiger partial charge in [0, 0.05) is 18.3 Å². The number of carbonyl (C=O) groups is 4. The zero-order valence-electron chi connectivity index (χ0n) is 27.2. The molecule has 2 atom stereocenters. The maximum absolute atomic E-state index is 17.3. The predicted octanol–water partition coefficient (Wildman–Crippen LogP) is 7.35. The highest BCUT2D eigenvalue weighted by molar-refractivity contribution is 5.85. The van der Waals surface area contributed by atoms with E-state index < -0.39 is 76.4 Å². The van der Waals surface area contributed by atoms with Crippen LogP contribution in [0.2, 0.25) is 0 Å². The van der Waals surface area contributed by atoms with E-state index in [4.69, 9.17) is 19.3 Å². The lowest BCUT2D eigenvalue weighted by Crippen LogP contribution is -2.52. The molecule has 1 rings (SSSR count). The number of esters is 3. The Morgan fingerprint density at radius 2 is 1.29 bits per heavy atom. The molecule has 1 saturated carbocycles. The molecule has 1 N–H and O–H groups in total. The Hall–Kier alpha value is -2.19. The van der Waals surface area contributed by atoms with Gasteiger partial charge in [-0.2, -0.15) is 0 Å². The van der Waals surface area contributed by atoms with Crippen LogP contribution in [0.15, 0.2) is 0 Å². The molecule has 9 heteroatoms. The van der Waals surface area contributed by atoms with Crippen LogP contribution in [0.1, 0.15) is 140 Å². The molecule has 0 bridgehead atoms. The smallest absolute Gasteiger partial charge is 0.344 e. The monoisotopic (exact) mass is 586 g/mol. The molecule has 8 nitrogen and oxygen atoms in total. The average molecular weight is 587 g/mol. The molecular formula is C32H55FO8. The minimum Gasteiger partial charge on any atom is -0.479 e. The Bertz CT molecular complexity index is 926. The fourth-order valence-electron chi connectivity index (χ4n) is 5.14. The standard InChI is InChI=1S/C32H55FO8/c1-11-30(10,25(37)41-31(12-2)18-16-14-13-15-17-19-31)22-32(33,26(38)40-29(8,9)27(3,4)5)21-28(6,7)24(36)39-20-23(34)35/h11-22H2,1-10H3,(H,34,35). The first kappa shape index (κ1) is 36.8. The lowest BCUT2D eigenvalue weighted by Gasteiger charge is -2.43. The molecule has 41 heavy (non-hydrogen) atoms. The van der Waals surface area contributed by atoms with Gasteiger partial charge in [0.25, 0.3) is 0 Å². The van der Waals surface area contributed by atoms with Crippen LogP contribution >= 0.6 is 0 Å². The Morgan fingerprint density at radius 1 is 0.780 bits per heavy atom. The first-order valence-corrected chi connectivity index (χ1v) is 15.1. The summed E-state index contributed by atoms with van der Waals surface area (Å²) < 4.78 is 34.1. The maximum Gasteiger partial charge on any atom is 0.344 e.